The predicted molar refractivity (Wildman–Crippen MR) is 111 cm³/mol. The predicted octanol–water partition coefficient (Wildman–Crippen LogP) is 2.52. The van der Waals surface area contributed by atoms with E-state index >= 15 is 0 Å². The van der Waals surface area contributed by atoms with Crippen molar-refractivity contribution in [3.8, 4) is 12.1 Å². The highest BCUT2D eigenvalue weighted by Gasteiger charge is 2.28. The summed E-state index contributed by atoms with van der Waals surface area (Å²) in [6.07, 6.45) is 7.49. The second-order valence-electron chi connectivity index (χ2n) is 8.82. The molecule has 0 radical (unpaired) electrons. The van der Waals surface area contributed by atoms with E-state index in [4.69, 9.17) is 0 Å². The van der Waals surface area contributed by atoms with Crippen LogP contribution in [0.2, 0.25) is 0 Å². The maximum Gasteiger partial charge on any atom is 0.169 e. The van der Waals surface area contributed by atoms with Gasteiger partial charge in [0.05, 0.1) is 0 Å². The Morgan fingerprint density at radius 3 is 2.04 bits per heavy atom. The van der Waals surface area contributed by atoms with Gasteiger partial charge in [0.1, 0.15) is 18.0 Å². The third-order valence-electron chi connectivity index (χ3n) is 6.96. The highest BCUT2D eigenvalue weighted by Crippen LogP contribution is 2.25. The molecule has 28 heavy (non-hydrogen) atoms. The Balaban J connectivity index is 1.52. The van der Waals surface area contributed by atoms with Crippen LogP contribution in [0.4, 0.5) is 0 Å². The third kappa shape index (κ3) is 5.19. The molecular weight excluding hydrogens is 348 g/mol. The Hall–Kier alpha value is -1.76. The minimum absolute atomic E-state index is 0.223. The van der Waals surface area contributed by atoms with Gasteiger partial charge in [0.25, 0.3) is 0 Å². The summed E-state index contributed by atoms with van der Waals surface area (Å²) in [6.45, 7) is 11.9. The monoisotopic (exact) mass is 384 g/mol. The average molecular weight is 385 g/mol. The van der Waals surface area contributed by atoms with Crippen LogP contribution in [-0.2, 0) is 0 Å². The van der Waals surface area contributed by atoms with Crippen LogP contribution in [0.5, 0.6) is 0 Å². The number of nitriles is 2. The van der Waals surface area contributed by atoms with Crippen molar-refractivity contribution < 1.29 is 0 Å². The highest BCUT2D eigenvalue weighted by molar-refractivity contribution is 5.39. The molecule has 0 saturated carbocycles. The molecule has 0 amide bonds. The zero-order valence-corrected chi connectivity index (χ0v) is 17.7. The number of nitrogens with one attached hydrogen (secondary N) is 1. The van der Waals surface area contributed by atoms with E-state index in [1.54, 1.807) is 0 Å². The smallest absolute Gasteiger partial charge is 0.169 e. The molecule has 3 heterocycles. The first-order chi connectivity index (χ1) is 13.6. The van der Waals surface area contributed by atoms with Crippen LogP contribution in [0.15, 0.2) is 11.4 Å². The topological polar surface area (TPSA) is 69.3 Å². The number of nitrogens with zero attached hydrogens (tertiary/aromatic N) is 5. The van der Waals surface area contributed by atoms with Gasteiger partial charge in [-0.15, -0.1) is 0 Å². The fraction of sp³-hybridized carbons (Fsp3) is 0.818. The number of hydrogen-bond donors (Lipinski definition) is 1. The number of likely N-dealkylation sites (tertiary alicyclic amines) is 3. The van der Waals surface area contributed by atoms with E-state index in [-0.39, 0.29) is 5.57 Å². The quantitative estimate of drug-likeness (QED) is 0.680. The van der Waals surface area contributed by atoms with Crippen LogP contribution < -0.4 is 5.32 Å². The van der Waals surface area contributed by atoms with Gasteiger partial charge < -0.3 is 15.1 Å². The van der Waals surface area contributed by atoms with Gasteiger partial charge in [-0.25, -0.2) is 0 Å². The molecule has 0 spiro atoms. The van der Waals surface area contributed by atoms with Crippen LogP contribution in [0.25, 0.3) is 0 Å². The molecule has 0 bridgehead atoms. The molecule has 3 saturated heterocycles. The molecule has 3 fully saturated rings. The van der Waals surface area contributed by atoms with Gasteiger partial charge in [0.15, 0.2) is 5.57 Å². The van der Waals surface area contributed by atoms with Crippen molar-refractivity contribution in [1.29, 1.82) is 10.5 Å². The summed E-state index contributed by atoms with van der Waals surface area (Å²) in [6, 6.07) is 5.58. The van der Waals surface area contributed by atoms with Crippen LogP contribution in [0.3, 0.4) is 0 Å². The molecule has 2 atom stereocenters. The molecule has 0 aromatic heterocycles. The fourth-order valence-corrected chi connectivity index (χ4v) is 5.07. The van der Waals surface area contributed by atoms with Gasteiger partial charge in [-0.3, -0.25) is 4.90 Å². The van der Waals surface area contributed by atoms with E-state index in [0.29, 0.717) is 6.04 Å². The first-order valence-corrected chi connectivity index (χ1v) is 11.1. The largest absolute Gasteiger partial charge is 0.369 e. The van der Waals surface area contributed by atoms with Crippen molar-refractivity contribution in [1.82, 2.24) is 20.0 Å². The molecule has 0 aromatic carbocycles. The maximum absolute atomic E-state index is 9.44. The zero-order valence-electron chi connectivity index (χ0n) is 17.7. The zero-order chi connectivity index (χ0) is 19.9. The molecule has 1 N–H and O–H groups in total. The summed E-state index contributed by atoms with van der Waals surface area (Å²) in [5.41, 5.74) is 0.223. The molecule has 0 aliphatic carbocycles. The number of allylic oxidation sites excluding steroid dienone is 1. The number of hydrogen-bond acceptors (Lipinski definition) is 6. The van der Waals surface area contributed by atoms with Crippen LogP contribution in [0.1, 0.15) is 52.4 Å². The van der Waals surface area contributed by atoms with E-state index in [2.05, 4.69) is 46.0 Å². The summed E-state index contributed by atoms with van der Waals surface area (Å²) >= 11 is 0. The molecule has 3 aliphatic heterocycles. The van der Waals surface area contributed by atoms with Crippen molar-refractivity contribution in [3.05, 3.63) is 11.4 Å². The lowest BCUT2D eigenvalue weighted by molar-refractivity contribution is 0.154. The Labute approximate surface area is 170 Å². The second kappa shape index (κ2) is 10.1. The Morgan fingerprint density at radius 2 is 1.50 bits per heavy atom. The minimum atomic E-state index is 0.223. The Kier molecular flexibility index (Phi) is 7.59. The van der Waals surface area contributed by atoms with Crippen LogP contribution >= 0.6 is 0 Å². The SMILES string of the molecule is CC1CCCN1CC1CCN(C(NCCN2CCC[C@@H]2C)=C(C#N)C#N)CC1. The van der Waals surface area contributed by atoms with Gasteiger partial charge in [-0.1, -0.05) is 0 Å². The summed E-state index contributed by atoms with van der Waals surface area (Å²) in [7, 11) is 0. The first-order valence-electron chi connectivity index (χ1n) is 11.1. The molecule has 3 rings (SSSR count). The van der Waals surface area contributed by atoms with Crippen LogP contribution in [0, 0.1) is 28.6 Å². The first kappa shape index (κ1) is 21.0. The summed E-state index contributed by atoms with van der Waals surface area (Å²) in [5, 5.41) is 22.3. The van der Waals surface area contributed by atoms with Gasteiger partial charge in [0.2, 0.25) is 0 Å². The molecule has 154 valence electrons. The molecule has 6 heteroatoms. The second-order valence-corrected chi connectivity index (χ2v) is 8.82. The van der Waals surface area contributed by atoms with E-state index in [1.165, 1.54) is 38.8 Å². The van der Waals surface area contributed by atoms with Gasteiger partial charge in [0, 0.05) is 44.8 Å². The minimum Gasteiger partial charge on any atom is -0.369 e. The molecule has 1 unspecified atom stereocenters. The van der Waals surface area contributed by atoms with Crippen molar-refractivity contribution in [2.45, 2.75) is 64.5 Å². The molecule has 0 aromatic rings. The van der Waals surface area contributed by atoms with E-state index in [1.807, 2.05) is 0 Å². The fourth-order valence-electron chi connectivity index (χ4n) is 5.07. The summed E-state index contributed by atoms with van der Waals surface area (Å²) < 4.78 is 0. The highest BCUT2D eigenvalue weighted by atomic mass is 15.3. The lowest BCUT2D eigenvalue weighted by Crippen LogP contribution is -2.43. The van der Waals surface area contributed by atoms with Gasteiger partial charge >= 0.3 is 0 Å². The van der Waals surface area contributed by atoms with Crippen LogP contribution in [-0.4, -0.2) is 72.6 Å². The van der Waals surface area contributed by atoms with Gasteiger partial charge in [-0.2, -0.15) is 10.5 Å². The third-order valence-corrected chi connectivity index (χ3v) is 6.96. The van der Waals surface area contributed by atoms with E-state index in [9.17, 15) is 10.5 Å². The summed E-state index contributed by atoms with van der Waals surface area (Å²) in [4.78, 5) is 7.37. The number of piperidine rings is 1. The maximum atomic E-state index is 9.44. The standard InChI is InChI=1S/C22H36N6/c1-18-5-3-10-26(18)14-9-25-22(21(15-23)16-24)27-12-7-20(8-13-27)17-28-11-4-6-19(28)2/h18-20,25H,3-14,17H2,1-2H3/t18-,19?/m0/s1. The average Bonchev–Trinajstić information content (AvgIpc) is 3.30. The van der Waals surface area contributed by atoms with E-state index in [0.717, 1.165) is 63.3 Å². The van der Waals surface area contributed by atoms with E-state index < -0.39 is 0 Å². The number of rotatable bonds is 7. The molecule has 3 aliphatic rings. The van der Waals surface area contributed by atoms with Crippen molar-refractivity contribution in [2.24, 2.45) is 5.92 Å². The molecule has 6 nitrogen and oxygen atoms in total. The molecular formula is C22H36N6. The lowest BCUT2D eigenvalue weighted by atomic mass is 9.95. The van der Waals surface area contributed by atoms with Crippen molar-refractivity contribution in [2.75, 3.05) is 45.8 Å². The van der Waals surface area contributed by atoms with Gasteiger partial charge in [-0.05, 0) is 71.4 Å². The lowest BCUT2D eigenvalue weighted by Gasteiger charge is -2.37. The normalized spacial score (nSPS) is 26.8. The van der Waals surface area contributed by atoms with Crippen molar-refractivity contribution >= 4 is 0 Å². The van der Waals surface area contributed by atoms with Crippen molar-refractivity contribution in [3.63, 3.8) is 0 Å². The Bertz CT molecular complexity index is 606. The Morgan fingerprint density at radius 1 is 0.893 bits per heavy atom. The summed E-state index contributed by atoms with van der Waals surface area (Å²) in [5.74, 6) is 1.49.